The molecule has 4 fully saturated rings. The smallest absolute Gasteiger partial charge is 0.0892 e. The van der Waals surface area contributed by atoms with Crippen LogP contribution in [-0.4, -0.2) is 26.8 Å². The normalized spacial score (nSPS) is 37.9. The van der Waals surface area contributed by atoms with E-state index in [4.69, 9.17) is 46.4 Å². The van der Waals surface area contributed by atoms with Crippen LogP contribution < -0.4 is 0 Å². The number of rotatable bonds is 4. The van der Waals surface area contributed by atoms with E-state index in [-0.39, 0.29) is 8.65 Å². The Morgan fingerprint density at radius 1 is 0.850 bits per heavy atom. The molecule has 0 bridgehead atoms. The Balaban J connectivity index is 0.000000115. The monoisotopic (exact) mass is 484 g/mol. The maximum atomic E-state index is 5.70. The van der Waals surface area contributed by atoms with Gasteiger partial charge in [-0.25, -0.2) is 0 Å². The molecule has 0 atom stereocenters. The average molecular weight is 488 g/mol. The highest BCUT2D eigenvalue weighted by Gasteiger charge is 2.97. The molecule has 0 N–H and O–H groups in total. The minimum Gasteiger partial charge on any atom is -0.126 e. The van der Waals surface area contributed by atoms with E-state index >= 15 is 0 Å². The summed E-state index contributed by atoms with van der Waals surface area (Å²) in [6.07, 6.45) is 5.90. The van der Waals surface area contributed by atoms with Gasteiger partial charge in [0.1, 0.15) is 0 Å². The molecule has 4 aliphatic rings. The van der Waals surface area contributed by atoms with Crippen molar-refractivity contribution in [2.24, 2.45) is 16.2 Å². The van der Waals surface area contributed by atoms with Crippen LogP contribution in [-0.2, 0) is 0 Å². The van der Waals surface area contributed by atoms with Crippen LogP contribution in [0.15, 0.2) is 12.2 Å². The molecule has 116 valence electrons. The van der Waals surface area contributed by atoms with Gasteiger partial charge in [0.25, 0.3) is 0 Å². The number of halogens is 6. The predicted molar refractivity (Wildman–Crippen MR) is 98.4 cm³/mol. The van der Waals surface area contributed by atoms with E-state index in [0.29, 0.717) is 23.5 Å². The average Bonchev–Trinajstić information content (AvgIpc) is 3.24. The van der Waals surface area contributed by atoms with Crippen LogP contribution in [0.4, 0.5) is 0 Å². The van der Waals surface area contributed by atoms with Gasteiger partial charge in [0, 0.05) is 28.9 Å². The van der Waals surface area contributed by atoms with Crippen LogP contribution in [0.2, 0.25) is 0 Å². The number of hydrogen-bond acceptors (Lipinski definition) is 0. The molecule has 0 aromatic rings. The molecule has 20 heavy (non-hydrogen) atoms. The molecule has 6 heteroatoms. The Hall–Kier alpha value is 1.86. The van der Waals surface area contributed by atoms with Crippen molar-refractivity contribution in [3.05, 3.63) is 12.2 Å². The summed E-state index contributed by atoms with van der Waals surface area (Å²) >= 11 is 28.9. The number of hydrogen-bond donors (Lipinski definition) is 0. The van der Waals surface area contributed by atoms with Crippen LogP contribution in [0.3, 0.4) is 0 Å². The van der Waals surface area contributed by atoms with Crippen molar-refractivity contribution in [3.63, 3.8) is 0 Å². The first-order chi connectivity index (χ1) is 9.26. The second-order valence-electron chi connectivity index (χ2n) is 6.54. The lowest BCUT2D eigenvalue weighted by molar-refractivity contribution is 0.476. The van der Waals surface area contributed by atoms with Gasteiger partial charge in [-0.05, 0) is 42.1 Å². The SMILES string of the molecule is C1C23CC12C3.C=C(CCl)CCl.ClCC1(CCl)CC1(Br)Br. The summed E-state index contributed by atoms with van der Waals surface area (Å²) in [6.45, 7) is 3.53. The molecule has 4 rings (SSSR count). The van der Waals surface area contributed by atoms with Gasteiger partial charge in [0.15, 0.2) is 0 Å². The quantitative estimate of drug-likeness (QED) is 0.312. The van der Waals surface area contributed by atoms with Gasteiger partial charge in [-0.3, -0.25) is 0 Å². The highest BCUT2D eigenvalue weighted by molar-refractivity contribution is 9.25. The van der Waals surface area contributed by atoms with Gasteiger partial charge in [-0.15, -0.1) is 46.4 Å². The molecule has 0 aromatic carbocycles. The van der Waals surface area contributed by atoms with Crippen LogP contribution in [0, 0.1) is 16.2 Å². The highest BCUT2D eigenvalue weighted by Crippen LogP contribution is 3.06. The third-order valence-electron chi connectivity index (χ3n) is 4.88. The summed E-state index contributed by atoms with van der Waals surface area (Å²) in [6, 6.07) is 0. The summed E-state index contributed by atoms with van der Waals surface area (Å²) in [5.41, 5.74) is 3.09. The minimum absolute atomic E-state index is 0.0243. The summed E-state index contributed by atoms with van der Waals surface area (Å²) in [5, 5.41) is 0. The molecule has 0 heterocycles. The fourth-order valence-corrected chi connectivity index (χ4v) is 5.89. The summed E-state index contributed by atoms with van der Waals surface area (Å²) < 4.78 is 0.0243. The molecule has 0 radical (unpaired) electrons. The zero-order valence-electron chi connectivity index (χ0n) is 11.1. The number of allylic oxidation sites excluding steroid dienone is 1. The van der Waals surface area contributed by atoms with Crippen molar-refractivity contribution in [1.82, 2.24) is 0 Å². The fourth-order valence-electron chi connectivity index (χ4n) is 2.40. The van der Waals surface area contributed by atoms with Gasteiger partial charge < -0.3 is 0 Å². The minimum atomic E-state index is 0.0243. The van der Waals surface area contributed by atoms with E-state index in [9.17, 15) is 0 Å². The first-order valence-corrected chi connectivity index (χ1v) is 10.3. The van der Waals surface area contributed by atoms with Gasteiger partial charge in [-0.2, -0.15) is 0 Å². The first kappa shape index (κ1) is 18.2. The molecule has 0 saturated heterocycles. The number of alkyl halides is 6. The lowest BCUT2D eigenvalue weighted by Crippen LogP contribution is -2.12. The summed E-state index contributed by atoms with van der Waals surface area (Å²) in [5.74, 6) is 2.19. The molecule has 0 nitrogen and oxygen atoms in total. The van der Waals surface area contributed by atoms with E-state index in [1.807, 2.05) is 0 Å². The third-order valence-corrected chi connectivity index (χ3v) is 8.90. The van der Waals surface area contributed by atoms with Crippen LogP contribution >= 0.6 is 78.3 Å². The standard InChI is InChI=1S/C5H6Br2Cl2.C5H6.C4H6Cl2/c6-5(7)1-4(5,2-8)3-9;1-4-2-5(1,4)3-4;1-4(2-5)3-6/h1-3H2;1-3H2;1-3H2. The van der Waals surface area contributed by atoms with E-state index < -0.39 is 0 Å². The first-order valence-electron chi connectivity index (χ1n) is 6.54. The zero-order valence-corrected chi connectivity index (χ0v) is 17.3. The topological polar surface area (TPSA) is 0 Å². The Labute approximate surface area is 158 Å². The van der Waals surface area contributed by atoms with Crippen molar-refractivity contribution >= 4 is 78.3 Å². The van der Waals surface area contributed by atoms with Crippen molar-refractivity contribution in [2.45, 2.75) is 28.9 Å². The molecule has 4 aliphatic carbocycles. The lowest BCUT2D eigenvalue weighted by atomic mass is 10.0. The van der Waals surface area contributed by atoms with Crippen LogP contribution in [0.5, 0.6) is 0 Å². The molecule has 0 amide bonds. The van der Waals surface area contributed by atoms with Gasteiger partial charge in [0.05, 0.1) is 3.23 Å². The molecule has 0 aromatic heterocycles. The Morgan fingerprint density at radius 3 is 1.15 bits per heavy atom. The van der Waals surface area contributed by atoms with Crippen molar-refractivity contribution in [2.75, 3.05) is 23.5 Å². The Kier molecular flexibility index (Phi) is 5.51. The summed E-state index contributed by atoms with van der Waals surface area (Å²) in [4.78, 5) is 0. The van der Waals surface area contributed by atoms with E-state index in [1.54, 1.807) is 19.3 Å². The Bertz CT molecular complexity index is 366. The maximum absolute atomic E-state index is 5.70. The van der Waals surface area contributed by atoms with Gasteiger partial charge in [-0.1, -0.05) is 38.4 Å². The Morgan fingerprint density at radius 2 is 1.15 bits per heavy atom. The maximum Gasteiger partial charge on any atom is 0.0892 e. The van der Waals surface area contributed by atoms with Crippen molar-refractivity contribution in [3.8, 4) is 0 Å². The van der Waals surface area contributed by atoms with E-state index in [0.717, 1.165) is 22.8 Å². The fraction of sp³-hybridized carbons (Fsp3) is 0.857. The largest absolute Gasteiger partial charge is 0.126 e. The highest BCUT2D eigenvalue weighted by atomic mass is 79.9. The molecule has 0 aliphatic heterocycles. The molecule has 0 unspecified atom stereocenters. The second-order valence-corrected chi connectivity index (χ2v) is 11.4. The van der Waals surface area contributed by atoms with E-state index in [2.05, 4.69) is 38.4 Å². The third kappa shape index (κ3) is 3.36. The van der Waals surface area contributed by atoms with Gasteiger partial charge >= 0.3 is 0 Å². The molecular formula is C14H18Br2Cl4. The lowest BCUT2D eigenvalue weighted by Gasteiger charge is -2.08. The zero-order chi connectivity index (χ0) is 15.2. The second kappa shape index (κ2) is 6.06. The molecular weight excluding hydrogens is 470 g/mol. The predicted octanol–water partition coefficient (Wildman–Crippen LogP) is 6.53. The van der Waals surface area contributed by atoms with E-state index in [1.165, 1.54) is 0 Å². The van der Waals surface area contributed by atoms with Crippen LogP contribution in [0.25, 0.3) is 0 Å². The summed E-state index contributed by atoms with van der Waals surface area (Å²) in [7, 11) is 0. The molecule has 0 spiro atoms. The van der Waals surface area contributed by atoms with Crippen LogP contribution in [0.1, 0.15) is 25.7 Å². The van der Waals surface area contributed by atoms with Crippen molar-refractivity contribution < 1.29 is 0 Å². The van der Waals surface area contributed by atoms with Crippen molar-refractivity contribution in [1.29, 1.82) is 0 Å². The molecule has 4 saturated carbocycles. The van der Waals surface area contributed by atoms with Gasteiger partial charge in [0.2, 0.25) is 0 Å².